The Balaban J connectivity index is 1.66. The monoisotopic (exact) mass is 463 g/mol. The van der Waals surface area contributed by atoms with Crippen molar-refractivity contribution in [3.8, 4) is 5.75 Å². The molecule has 170 valence electrons. The lowest BCUT2D eigenvalue weighted by molar-refractivity contribution is -0.139. The summed E-state index contributed by atoms with van der Waals surface area (Å²) >= 11 is 0. The van der Waals surface area contributed by atoms with Gasteiger partial charge in [-0.3, -0.25) is 0 Å². The van der Waals surface area contributed by atoms with Gasteiger partial charge in [0.05, 0.1) is 5.41 Å². The molecule has 7 heteroatoms. The van der Waals surface area contributed by atoms with Crippen LogP contribution in [0.2, 0.25) is 0 Å². The second kappa shape index (κ2) is 10.0. The van der Waals surface area contributed by atoms with Gasteiger partial charge in [0.2, 0.25) is 10.0 Å². The highest BCUT2D eigenvalue weighted by Gasteiger charge is 2.26. The summed E-state index contributed by atoms with van der Waals surface area (Å²) in [6, 6.07) is 23.8. The highest BCUT2D eigenvalue weighted by molar-refractivity contribution is 7.92. The molecule has 1 unspecified atom stereocenters. The topological polar surface area (TPSA) is 92.7 Å². The number of rotatable bonds is 8. The van der Waals surface area contributed by atoms with Gasteiger partial charge in [-0.05, 0) is 47.6 Å². The van der Waals surface area contributed by atoms with Crippen molar-refractivity contribution in [3.05, 3.63) is 107 Å². The quantitative estimate of drug-likeness (QED) is 0.512. The first kappa shape index (κ1) is 22.8. The van der Waals surface area contributed by atoms with Crippen molar-refractivity contribution in [3.63, 3.8) is 0 Å². The lowest BCUT2D eigenvalue weighted by atomic mass is 9.87. The molecule has 1 aliphatic carbocycles. The van der Waals surface area contributed by atoms with Crippen LogP contribution >= 0.6 is 0 Å². The zero-order valence-corrected chi connectivity index (χ0v) is 18.8. The van der Waals surface area contributed by atoms with Crippen LogP contribution in [0.15, 0.2) is 84.3 Å². The van der Waals surface area contributed by atoms with E-state index in [0.29, 0.717) is 24.2 Å². The molecule has 2 N–H and O–H groups in total. The molecule has 0 fully saturated rings. The first-order valence-electron chi connectivity index (χ1n) is 10.7. The average Bonchev–Trinajstić information content (AvgIpc) is 2.82. The maximum atomic E-state index is 13.3. The molecule has 0 bridgehead atoms. The maximum Gasteiger partial charge on any atom is 0.341 e. The van der Waals surface area contributed by atoms with Crippen LogP contribution in [-0.2, 0) is 21.2 Å². The molecule has 1 atom stereocenters. The summed E-state index contributed by atoms with van der Waals surface area (Å²) in [4.78, 5) is 10.9. The number of fused-ring (bicyclic) bond motifs is 1. The SMILES string of the molecule is O=C(O)COc1cccc2c1CCCC2NS(=O)(=O)C=C(c1ccccc1)c1ccccc1. The minimum absolute atomic E-state index is 0.420. The Bertz CT molecular complexity index is 1210. The Hall–Kier alpha value is -3.42. The fraction of sp³-hybridized carbons (Fsp3) is 0.192. The molecule has 0 aliphatic heterocycles. The van der Waals surface area contributed by atoms with E-state index in [0.717, 1.165) is 28.7 Å². The van der Waals surface area contributed by atoms with E-state index in [1.165, 1.54) is 5.41 Å². The molecule has 0 saturated heterocycles. The Morgan fingerprint density at radius 1 is 0.970 bits per heavy atom. The fourth-order valence-corrected chi connectivity index (χ4v) is 5.43. The van der Waals surface area contributed by atoms with Crippen molar-refractivity contribution in [1.82, 2.24) is 4.72 Å². The third kappa shape index (κ3) is 5.69. The molecule has 33 heavy (non-hydrogen) atoms. The van der Waals surface area contributed by atoms with E-state index in [1.54, 1.807) is 12.1 Å². The Morgan fingerprint density at radius 3 is 2.21 bits per heavy atom. The summed E-state index contributed by atoms with van der Waals surface area (Å²) in [5.41, 5.74) is 3.90. The van der Waals surface area contributed by atoms with Gasteiger partial charge in [0, 0.05) is 11.6 Å². The van der Waals surface area contributed by atoms with Crippen molar-refractivity contribution in [2.75, 3.05) is 6.61 Å². The van der Waals surface area contributed by atoms with Gasteiger partial charge in [0.15, 0.2) is 6.61 Å². The summed E-state index contributed by atoms with van der Waals surface area (Å²) < 4.78 is 34.8. The Labute approximate surface area is 193 Å². The predicted molar refractivity (Wildman–Crippen MR) is 127 cm³/mol. The Kier molecular flexibility index (Phi) is 6.91. The van der Waals surface area contributed by atoms with Gasteiger partial charge in [-0.15, -0.1) is 0 Å². The smallest absolute Gasteiger partial charge is 0.341 e. The molecule has 0 heterocycles. The summed E-state index contributed by atoms with van der Waals surface area (Å²) in [5, 5.41) is 10.2. The van der Waals surface area contributed by atoms with Crippen LogP contribution in [-0.4, -0.2) is 26.1 Å². The first-order valence-corrected chi connectivity index (χ1v) is 12.3. The zero-order chi connectivity index (χ0) is 23.3. The number of sulfonamides is 1. The molecule has 1 aliphatic rings. The normalized spacial score (nSPS) is 15.3. The molecule has 0 amide bonds. The second-order valence-corrected chi connectivity index (χ2v) is 9.44. The number of aliphatic carboxylic acids is 1. The minimum Gasteiger partial charge on any atom is -0.482 e. The number of nitrogens with one attached hydrogen (secondary N) is 1. The number of ether oxygens (including phenoxy) is 1. The lowest BCUT2D eigenvalue weighted by Gasteiger charge is -2.27. The van der Waals surface area contributed by atoms with Gasteiger partial charge >= 0.3 is 5.97 Å². The number of carboxylic acids is 1. The van der Waals surface area contributed by atoms with Crippen LogP contribution < -0.4 is 9.46 Å². The van der Waals surface area contributed by atoms with Crippen LogP contribution in [0.25, 0.3) is 5.57 Å². The number of hydrogen-bond donors (Lipinski definition) is 2. The van der Waals surface area contributed by atoms with E-state index in [2.05, 4.69) is 4.72 Å². The van der Waals surface area contributed by atoms with Crippen LogP contribution in [0.5, 0.6) is 5.75 Å². The molecule has 0 aromatic heterocycles. The van der Waals surface area contributed by atoms with E-state index in [1.807, 2.05) is 66.7 Å². The van der Waals surface area contributed by atoms with Gasteiger partial charge < -0.3 is 9.84 Å². The van der Waals surface area contributed by atoms with Crippen LogP contribution in [0.1, 0.15) is 41.1 Å². The van der Waals surface area contributed by atoms with Gasteiger partial charge in [-0.2, -0.15) is 0 Å². The van der Waals surface area contributed by atoms with Crippen molar-refractivity contribution in [1.29, 1.82) is 0 Å². The lowest BCUT2D eigenvalue weighted by Crippen LogP contribution is -2.30. The van der Waals surface area contributed by atoms with Crippen molar-refractivity contribution in [2.24, 2.45) is 0 Å². The van der Waals surface area contributed by atoms with E-state index in [-0.39, 0.29) is 0 Å². The highest BCUT2D eigenvalue weighted by atomic mass is 32.2. The van der Waals surface area contributed by atoms with Crippen LogP contribution in [0.4, 0.5) is 0 Å². The third-order valence-corrected chi connectivity index (χ3v) is 6.72. The average molecular weight is 464 g/mol. The molecule has 6 nitrogen and oxygen atoms in total. The number of carbonyl (C=O) groups is 1. The van der Waals surface area contributed by atoms with Crippen LogP contribution in [0, 0.1) is 0 Å². The summed E-state index contributed by atoms with van der Waals surface area (Å²) in [6.45, 7) is -0.437. The summed E-state index contributed by atoms with van der Waals surface area (Å²) in [7, 11) is -3.80. The number of benzene rings is 3. The highest BCUT2D eigenvalue weighted by Crippen LogP contribution is 2.36. The molecule has 0 saturated carbocycles. The largest absolute Gasteiger partial charge is 0.482 e. The summed E-state index contributed by atoms with van der Waals surface area (Å²) in [5.74, 6) is -0.566. The van der Waals surface area contributed by atoms with Gasteiger partial charge in [-0.1, -0.05) is 72.8 Å². The molecule has 3 aromatic rings. The number of carboxylic acid groups (broad SMARTS) is 1. The van der Waals surface area contributed by atoms with Crippen molar-refractivity contribution >= 4 is 21.6 Å². The minimum atomic E-state index is -3.80. The van der Waals surface area contributed by atoms with E-state index in [9.17, 15) is 13.2 Å². The molecular weight excluding hydrogens is 438 g/mol. The van der Waals surface area contributed by atoms with Crippen molar-refractivity contribution in [2.45, 2.75) is 25.3 Å². The second-order valence-electron chi connectivity index (χ2n) is 7.88. The van der Waals surface area contributed by atoms with Gasteiger partial charge in [-0.25, -0.2) is 17.9 Å². The zero-order valence-electron chi connectivity index (χ0n) is 18.0. The first-order chi connectivity index (χ1) is 15.9. The van der Waals surface area contributed by atoms with Crippen LogP contribution in [0.3, 0.4) is 0 Å². The molecule has 3 aromatic carbocycles. The van der Waals surface area contributed by atoms with Crippen molar-refractivity contribution < 1.29 is 23.1 Å². The molecular formula is C26H25NO5S. The van der Waals surface area contributed by atoms with Gasteiger partial charge in [0.1, 0.15) is 5.75 Å². The van der Waals surface area contributed by atoms with E-state index in [4.69, 9.17) is 9.84 Å². The fourth-order valence-electron chi connectivity index (χ4n) is 4.14. The molecule has 4 rings (SSSR count). The Morgan fingerprint density at radius 2 is 1.61 bits per heavy atom. The molecule has 0 spiro atoms. The number of hydrogen-bond acceptors (Lipinski definition) is 4. The summed E-state index contributed by atoms with van der Waals surface area (Å²) in [6.07, 6.45) is 2.12. The van der Waals surface area contributed by atoms with Gasteiger partial charge in [0.25, 0.3) is 0 Å². The third-order valence-electron chi connectivity index (χ3n) is 5.56. The molecule has 0 radical (unpaired) electrons. The van der Waals surface area contributed by atoms with E-state index >= 15 is 0 Å². The predicted octanol–water partition coefficient (Wildman–Crippen LogP) is 4.54. The maximum absolute atomic E-state index is 13.3. The standard InChI is InChI=1S/C26H25NO5S/c28-26(29)17-32-25-16-8-13-21-22(25)14-7-15-24(21)27-33(30,31)18-23(19-9-3-1-4-10-19)20-11-5-2-6-12-20/h1-6,8-13,16,18,24,27H,7,14-15,17H2,(H,28,29). The van der Waals surface area contributed by atoms with E-state index < -0.39 is 28.6 Å².